The average Bonchev–Trinajstić information content (AvgIpc) is 3.37. The highest BCUT2D eigenvalue weighted by Crippen LogP contribution is 2.29. The van der Waals surface area contributed by atoms with Gasteiger partial charge in [-0.15, -0.1) is 0 Å². The predicted molar refractivity (Wildman–Crippen MR) is 150 cm³/mol. The molecule has 4 aromatic rings. The molecule has 0 saturated carbocycles. The van der Waals surface area contributed by atoms with Crippen molar-refractivity contribution in [2.75, 3.05) is 44.4 Å². The summed E-state index contributed by atoms with van der Waals surface area (Å²) in [6, 6.07) is 18.6. The van der Waals surface area contributed by atoms with E-state index in [4.69, 9.17) is 4.74 Å². The van der Waals surface area contributed by atoms with Crippen LogP contribution in [0.15, 0.2) is 73.1 Å². The van der Waals surface area contributed by atoms with Crippen LogP contribution in [0.25, 0.3) is 10.9 Å². The van der Waals surface area contributed by atoms with E-state index in [0.717, 1.165) is 54.0 Å². The van der Waals surface area contributed by atoms with E-state index < -0.39 is 0 Å². The van der Waals surface area contributed by atoms with Crippen LogP contribution in [0.3, 0.4) is 0 Å². The van der Waals surface area contributed by atoms with Crippen molar-refractivity contribution < 1.29 is 14.3 Å². The number of carbonyl (C=O) groups is 2. The summed E-state index contributed by atoms with van der Waals surface area (Å²) >= 11 is 0. The molecule has 1 aliphatic heterocycles. The zero-order chi connectivity index (χ0) is 26.6. The Morgan fingerprint density at radius 3 is 2.47 bits per heavy atom. The number of anilines is 3. The maximum atomic E-state index is 12.9. The number of nitrogens with zero attached hydrogens (tertiary/aromatic N) is 4. The Kier molecular flexibility index (Phi) is 7.28. The molecule has 0 aliphatic carbocycles. The topological polar surface area (TPSA) is 91.7 Å². The van der Waals surface area contributed by atoms with Crippen LogP contribution in [-0.2, 0) is 0 Å². The van der Waals surface area contributed by atoms with Crippen molar-refractivity contribution >= 4 is 40.0 Å². The monoisotopic (exact) mass is 512 g/mol. The molecule has 9 nitrogen and oxygen atoms in total. The number of aromatic nitrogens is 2. The van der Waals surface area contributed by atoms with Gasteiger partial charge in [0.2, 0.25) is 0 Å². The number of hydrogen-bond acceptors (Lipinski definition) is 6. The fourth-order valence-electron chi connectivity index (χ4n) is 4.65. The van der Waals surface area contributed by atoms with Gasteiger partial charge in [-0.3, -0.25) is 9.36 Å². The molecule has 196 valence electrons. The first-order valence-corrected chi connectivity index (χ1v) is 12.7. The Morgan fingerprint density at radius 1 is 1.00 bits per heavy atom. The van der Waals surface area contributed by atoms with Gasteiger partial charge in [0.15, 0.2) is 0 Å². The molecule has 0 spiro atoms. The van der Waals surface area contributed by atoms with Crippen LogP contribution in [0.1, 0.15) is 23.2 Å². The molecule has 3 heterocycles. The Morgan fingerprint density at radius 2 is 1.74 bits per heavy atom. The Hall–Kier alpha value is -4.37. The van der Waals surface area contributed by atoms with Gasteiger partial charge in [0.05, 0.1) is 5.52 Å². The van der Waals surface area contributed by atoms with Gasteiger partial charge in [0.25, 0.3) is 5.91 Å². The van der Waals surface area contributed by atoms with Crippen LogP contribution in [0.2, 0.25) is 0 Å². The van der Waals surface area contributed by atoms with Gasteiger partial charge in [-0.25, -0.2) is 9.78 Å². The normalized spacial score (nSPS) is 14.3. The Balaban J connectivity index is 1.25. The molecule has 1 saturated heterocycles. The Bertz CT molecular complexity index is 1440. The highest BCUT2D eigenvalue weighted by molar-refractivity contribution is 6.04. The van der Waals surface area contributed by atoms with Crippen LogP contribution in [0.4, 0.5) is 22.0 Å². The SMILES string of the molecule is CNC(=O)n1ccc2cc(N(C)c3ccnc(NC(=O)c4ccc(OC5CCN(C)CC5)cc4)c3)ccc21. The maximum absolute atomic E-state index is 12.9. The number of nitrogens with one attached hydrogen (secondary N) is 2. The van der Waals surface area contributed by atoms with Crippen molar-refractivity contribution in [2.24, 2.45) is 0 Å². The van der Waals surface area contributed by atoms with Crippen molar-refractivity contribution in [1.29, 1.82) is 0 Å². The molecular formula is C29H32N6O3. The molecule has 1 aliphatic rings. The van der Waals surface area contributed by atoms with Crippen LogP contribution in [0.5, 0.6) is 5.75 Å². The summed E-state index contributed by atoms with van der Waals surface area (Å²) in [6.07, 6.45) is 5.64. The average molecular weight is 513 g/mol. The molecule has 1 fully saturated rings. The zero-order valence-electron chi connectivity index (χ0n) is 21.8. The lowest BCUT2D eigenvalue weighted by molar-refractivity contribution is 0.102. The van der Waals surface area contributed by atoms with E-state index in [2.05, 4.69) is 27.6 Å². The number of benzene rings is 2. The molecule has 2 aromatic heterocycles. The second-order valence-corrected chi connectivity index (χ2v) is 9.54. The summed E-state index contributed by atoms with van der Waals surface area (Å²) in [7, 11) is 5.68. The van der Waals surface area contributed by atoms with Crippen molar-refractivity contribution in [1.82, 2.24) is 19.8 Å². The van der Waals surface area contributed by atoms with Gasteiger partial charge in [-0.1, -0.05) is 0 Å². The van der Waals surface area contributed by atoms with E-state index in [9.17, 15) is 9.59 Å². The summed E-state index contributed by atoms with van der Waals surface area (Å²) in [5, 5.41) is 6.48. The summed E-state index contributed by atoms with van der Waals surface area (Å²) < 4.78 is 7.66. The number of rotatable bonds is 6. The minimum Gasteiger partial charge on any atom is -0.490 e. The smallest absolute Gasteiger partial charge is 0.325 e. The molecule has 0 radical (unpaired) electrons. The van der Waals surface area contributed by atoms with Crippen LogP contribution < -0.4 is 20.3 Å². The van der Waals surface area contributed by atoms with Gasteiger partial charge >= 0.3 is 6.03 Å². The lowest BCUT2D eigenvalue weighted by Gasteiger charge is -2.29. The minimum absolute atomic E-state index is 0.185. The van der Waals surface area contributed by atoms with E-state index >= 15 is 0 Å². The summed E-state index contributed by atoms with van der Waals surface area (Å²) in [4.78, 5) is 33.6. The molecule has 2 amide bonds. The largest absolute Gasteiger partial charge is 0.490 e. The highest BCUT2D eigenvalue weighted by Gasteiger charge is 2.18. The van der Waals surface area contributed by atoms with E-state index in [1.165, 1.54) is 0 Å². The van der Waals surface area contributed by atoms with Crippen molar-refractivity contribution in [2.45, 2.75) is 18.9 Å². The highest BCUT2D eigenvalue weighted by atomic mass is 16.5. The molecular weight excluding hydrogens is 480 g/mol. The first kappa shape index (κ1) is 25.3. The second kappa shape index (κ2) is 10.9. The number of amides is 2. The number of piperidine rings is 1. The van der Waals surface area contributed by atoms with E-state index in [1.54, 1.807) is 36.1 Å². The predicted octanol–water partition coefficient (Wildman–Crippen LogP) is 4.72. The third-order valence-electron chi connectivity index (χ3n) is 6.95. The molecule has 5 rings (SSSR count). The molecule has 38 heavy (non-hydrogen) atoms. The summed E-state index contributed by atoms with van der Waals surface area (Å²) in [6.45, 7) is 2.07. The summed E-state index contributed by atoms with van der Waals surface area (Å²) in [5.74, 6) is 0.999. The van der Waals surface area contributed by atoms with Gasteiger partial charge in [-0.2, -0.15) is 0 Å². The molecule has 2 N–H and O–H groups in total. The quantitative estimate of drug-likeness (QED) is 0.389. The number of pyridine rings is 1. The van der Waals surface area contributed by atoms with E-state index in [1.807, 2.05) is 60.5 Å². The fourth-order valence-corrected chi connectivity index (χ4v) is 4.65. The van der Waals surface area contributed by atoms with Crippen LogP contribution in [0, 0.1) is 0 Å². The van der Waals surface area contributed by atoms with Gasteiger partial charge in [0.1, 0.15) is 17.7 Å². The molecule has 0 atom stereocenters. The maximum Gasteiger partial charge on any atom is 0.325 e. The van der Waals surface area contributed by atoms with Gasteiger partial charge in [0, 0.05) is 68.0 Å². The van der Waals surface area contributed by atoms with Gasteiger partial charge < -0.3 is 25.2 Å². The number of hydrogen-bond donors (Lipinski definition) is 2. The first-order valence-electron chi connectivity index (χ1n) is 12.7. The number of likely N-dealkylation sites (tertiary alicyclic amines) is 1. The third-order valence-corrected chi connectivity index (χ3v) is 6.95. The molecule has 9 heteroatoms. The van der Waals surface area contributed by atoms with Crippen molar-refractivity contribution in [3.8, 4) is 5.75 Å². The molecule has 0 unspecified atom stereocenters. The number of carbonyl (C=O) groups excluding carboxylic acids is 2. The second-order valence-electron chi connectivity index (χ2n) is 9.54. The third kappa shape index (κ3) is 5.47. The van der Waals surface area contributed by atoms with Crippen molar-refractivity contribution in [3.05, 3.63) is 78.6 Å². The number of ether oxygens (including phenoxy) is 1. The standard InChI is InChI=1S/C29H32N6O3/c1-30-29(37)35-17-11-21-18-22(6-9-26(21)35)34(3)23-10-14-31-27(19-23)32-28(36)20-4-7-24(8-5-20)38-25-12-15-33(2)16-13-25/h4-11,14,17-19,25H,12-13,15-16H2,1-3H3,(H,30,37)(H,31,32,36). The zero-order valence-corrected chi connectivity index (χ0v) is 21.8. The Labute approximate surface area is 222 Å². The molecule has 2 aromatic carbocycles. The van der Waals surface area contributed by atoms with Gasteiger partial charge in [-0.05, 0) is 74.5 Å². The molecule has 0 bridgehead atoms. The van der Waals surface area contributed by atoms with Crippen LogP contribution >= 0.6 is 0 Å². The summed E-state index contributed by atoms with van der Waals surface area (Å²) in [5.41, 5.74) is 3.16. The first-order chi connectivity index (χ1) is 18.4. The lowest BCUT2D eigenvalue weighted by atomic mass is 10.1. The fraction of sp³-hybridized carbons (Fsp3) is 0.276. The van der Waals surface area contributed by atoms with E-state index in [-0.39, 0.29) is 18.0 Å². The lowest BCUT2D eigenvalue weighted by Crippen LogP contribution is -2.35. The minimum atomic E-state index is -0.236. The van der Waals surface area contributed by atoms with Crippen LogP contribution in [-0.4, -0.2) is 66.7 Å². The number of fused-ring (bicyclic) bond motifs is 1. The van der Waals surface area contributed by atoms with Crippen molar-refractivity contribution in [3.63, 3.8) is 0 Å². The van der Waals surface area contributed by atoms with E-state index in [0.29, 0.717) is 11.4 Å².